The van der Waals surface area contributed by atoms with Crippen molar-refractivity contribution in [1.29, 1.82) is 0 Å². The van der Waals surface area contributed by atoms with Crippen molar-refractivity contribution in [1.82, 2.24) is 10.2 Å². The summed E-state index contributed by atoms with van der Waals surface area (Å²) in [7, 11) is 0. The van der Waals surface area contributed by atoms with Crippen molar-refractivity contribution in [2.75, 3.05) is 13.1 Å². The quantitative estimate of drug-likeness (QED) is 0.895. The number of likely N-dealkylation sites (tertiary alicyclic amines) is 1. The molecule has 3 spiro atoms. The van der Waals surface area contributed by atoms with E-state index in [1.165, 1.54) is 70.0 Å². The summed E-state index contributed by atoms with van der Waals surface area (Å²) in [6, 6.07) is 11.1. The van der Waals surface area contributed by atoms with Gasteiger partial charge in [0.2, 0.25) is 0 Å². The molecule has 2 saturated heterocycles. The molecule has 4 fully saturated rings. The van der Waals surface area contributed by atoms with E-state index in [1.807, 2.05) is 0 Å². The van der Waals surface area contributed by atoms with Crippen molar-refractivity contribution in [3.8, 4) is 0 Å². The summed E-state index contributed by atoms with van der Waals surface area (Å²) in [6.45, 7) is 3.76. The second-order valence-electron chi connectivity index (χ2n) is 8.70. The standard InChI is InChI=1S/C20H28N2/c1-2-4-17(5-3-1)14-22-16-18(7-11-20(22)12-13-20)6-8-19(9-10-19)21-15-18/h1-5,21H,6-16H2. The molecular formula is C20H28N2. The molecule has 2 aliphatic carbocycles. The van der Waals surface area contributed by atoms with Gasteiger partial charge in [0.15, 0.2) is 0 Å². The summed E-state index contributed by atoms with van der Waals surface area (Å²) in [5.41, 5.74) is 3.23. The van der Waals surface area contributed by atoms with Gasteiger partial charge in [-0.05, 0) is 62.3 Å². The molecule has 5 rings (SSSR count). The monoisotopic (exact) mass is 296 g/mol. The summed E-state index contributed by atoms with van der Waals surface area (Å²) in [4.78, 5) is 2.86. The van der Waals surface area contributed by atoms with Gasteiger partial charge in [0.25, 0.3) is 0 Å². The average molecular weight is 296 g/mol. The second kappa shape index (κ2) is 4.58. The molecule has 2 nitrogen and oxygen atoms in total. The lowest BCUT2D eigenvalue weighted by Gasteiger charge is -2.51. The van der Waals surface area contributed by atoms with Gasteiger partial charge in [-0.25, -0.2) is 0 Å². The third-order valence-corrected chi connectivity index (χ3v) is 7.19. The first-order chi connectivity index (χ1) is 10.7. The molecular weight excluding hydrogens is 268 g/mol. The maximum Gasteiger partial charge on any atom is 0.0239 e. The smallest absolute Gasteiger partial charge is 0.0239 e. The Balaban J connectivity index is 1.33. The number of rotatable bonds is 2. The zero-order chi connectivity index (χ0) is 14.7. The van der Waals surface area contributed by atoms with Gasteiger partial charge in [0.05, 0.1) is 0 Å². The Morgan fingerprint density at radius 3 is 2.18 bits per heavy atom. The van der Waals surface area contributed by atoms with Gasteiger partial charge in [0.1, 0.15) is 0 Å². The van der Waals surface area contributed by atoms with E-state index in [2.05, 4.69) is 40.5 Å². The first kappa shape index (κ1) is 13.6. The summed E-state index contributed by atoms with van der Waals surface area (Å²) >= 11 is 0. The Kier molecular flexibility index (Phi) is 2.82. The minimum Gasteiger partial charge on any atom is -0.311 e. The minimum atomic E-state index is 0.566. The summed E-state index contributed by atoms with van der Waals surface area (Å²) in [5.74, 6) is 0. The average Bonchev–Trinajstić information content (AvgIpc) is 3.47. The molecule has 2 heterocycles. The predicted molar refractivity (Wildman–Crippen MR) is 89.7 cm³/mol. The van der Waals surface area contributed by atoms with Crippen LogP contribution in [0.15, 0.2) is 30.3 Å². The SMILES string of the molecule is c1ccc(CN2CC3(CCC4(CC4)NC3)CCC23CC3)cc1. The van der Waals surface area contributed by atoms with Crippen LogP contribution in [0.5, 0.6) is 0 Å². The maximum absolute atomic E-state index is 3.94. The highest BCUT2D eigenvalue weighted by Gasteiger charge is 2.57. The van der Waals surface area contributed by atoms with E-state index < -0.39 is 0 Å². The summed E-state index contributed by atoms with van der Waals surface area (Å²) in [5, 5.41) is 3.94. The zero-order valence-electron chi connectivity index (χ0n) is 13.6. The van der Waals surface area contributed by atoms with E-state index in [0.29, 0.717) is 16.5 Å². The van der Waals surface area contributed by atoms with Crippen molar-refractivity contribution in [2.24, 2.45) is 5.41 Å². The summed E-state index contributed by atoms with van der Waals surface area (Å²) in [6.07, 6.45) is 11.5. The van der Waals surface area contributed by atoms with E-state index in [9.17, 15) is 0 Å². The lowest BCUT2D eigenvalue weighted by molar-refractivity contribution is -0.000915. The Hall–Kier alpha value is -0.860. The van der Waals surface area contributed by atoms with Gasteiger partial charge in [-0.15, -0.1) is 0 Å². The van der Waals surface area contributed by atoms with E-state index in [1.54, 1.807) is 0 Å². The molecule has 2 saturated carbocycles. The van der Waals surface area contributed by atoms with Gasteiger partial charge in [-0.2, -0.15) is 0 Å². The fourth-order valence-corrected chi connectivity index (χ4v) is 5.03. The van der Waals surface area contributed by atoms with Crippen LogP contribution in [0, 0.1) is 5.41 Å². The van der Waals surface area contributed by atoms with Crippen LogP contribution in [0.1, 0.15) is 56.9 Å². The van der Waals surface area contributed by atoms with E-state index >= 15 is 0 Å². The second-order valence-corrected chi connectivity index (χ2v) is 8.70. The molecule has 1 unspecified atom stereocenters. The van der Waals surface area contributed by atoms with Crippen LogP contribution in [0.2, 0.25) is 0 Å². The zero-order valence-corrected chi connectivity index (χ0v) is 13.6. The molecule has 1 N–H and O–H groups in total. The molecule has 2 aliphatic heterocycles. The van der Waals surface area contributed by atoms with Crippen LogP contribution < -0.4 is 5.32 Å². The van der Waals surface area contributed by atoms with Crippen molar-refractivity contribution < 1.29 is 0 Å². The van der Waals surface area contributed by atoms with Gasteiger partial charge >= 0.3 is 0 Å². The number of hydrogen-bond donors (Lipinski definition) is 1. The topological polar surface area (TPSA) is 15.3 Å². The molecule has 22 heavy (non-hydrogen) atoms. The maximum atomic E-state index is 3.94. The van der Waals surface area contributed by atoms with E-state index in [4.69, 9.17) is 0 Å². The molecule has 1 atom stereocenters. The highest BCUT2D eigenvalue weighted by Crippen LogP contribution is 2.56. The van der Waals surface area contributed by atoms with Crippen LogP contribution >= 0.6 is 0 Å². The Morgan fingerprint density at radius 2 is 1.55 bits per heavy atom. The number of nitrogens with one attached hydrogen (secondary N) is 1. The lowest BCUT2D eigenvalue weighted by Crippen LogP contribution is -2.57. The summed E-state index contributed by atoms with van der Waals surface area (Å²) < 4.78 is 0. The Bertz CT molecular complexity index is 541. The molecule has 0 radical (unpaired) electrons. The number of nitrogens with zero attached hydrogens (tertiary/aromatic N) is 1. The fraction of sp³-hybridized carbons (Fsp3) is 0.700. The minimum absolute atomic E-state index is 0.566. The van der Waals surface area contributed by atoms with Crippen LogP contribution in [-0.4, -0.2) is 29.1 Å². The third-order valence-electron chi connectivity index (χ3n) is 7.19. The molecule has 0 bridgehead atoms. The molecule has 1 aromatic rings. The third kappa shape index (κ3) is 2.23. The first-order valence-electron chi connectivity index (χ1n) is 9.26. The normalized spacial score (nSPS) is 35.1. The molecule has 2 heteroatoms. The van der Waals surface area contributed by atoms with E-state index in [0.717, 1.165) is 6.54 Å². The molecule has 118 valence electrons. The number of benzene rings is 1. The van der Waals surface area contributed by atoms with Crippen molar-refractivity contribution in [2.45, 2.75) is 69.0 Å². The van der Waals surface area contributed by atoms with Crippen LogP contribution in [0.25, 0.3) is 0 Å². The van der Waals surface area contributed by atoms with E-state index in [-0.39, 0.29) is 0 Å². The first-order valence-corrected chi connectivity index (χ1v) is 9.26. The van der Waals surface area contributed by atoms with Gasteiger partial charge < -0.3 is 5.32 Å². The van der Waals surface area contributed by atoms with Crippen molar-refractivity contribution in [3.05, 3.63) is 35.9 Å². The molecule has 4 aliphatic rings. The van der Waals surface area contributed by atoms with Crippen LogP contribution in [0.3, 0.4) is 0 Å². The van der Waals surface area contributed by atoms with Gasteiger partial charge in [0, 0.05) is 30.7 Å². The molecule has 1 aromatic carbocycles. The Labute approximate surface area is 134 Å². The predicted octanol–water partition coefficient (Wildman–Crippen LogP) is 3.72. The van der Waals surface area contributed by atoms with Crippen molar-refractivity contribution in [3.63, 3.8) is 0 Å². The highest BCUT2D eigenvalue weighted by molar-refractivity contribution is 5.19. The van der Waals surface area contributed by atoms with Crippen LogP contribution in [0.4, 0.5) is 0 Å². The lowest BCUT2D eigenvalue weighted by atomic mass is 9.70. The highest BCUT2D eigenvalue weighted by atomic mass is 15.3. The number of piperidine rings is 2. The largest absolute Gasteiger partial charge is 0.311 e. The van der Waals surface area contributed by atoms with Gasteiger partial charge in [-0.1, -0.05) is 30.3 Å². The number of hydrogen-bond acceptors (Lipinski definition) is 2. The van der Waals surface area contributed by atoms with Crippen LogP contribution in [-0.2, 0) is 6.54 Å². The van der Waals surface area contributed by atoms with Crippen molar-refractivity contribution >= 4 is 0 Å². The molecule has 0 amide bonds. The Morgan fingerprint density at radius 1 is 0.864 bits per heavy atom. The fourth-order valence-electron chi connectivity index (χ4n) is 5.03. The van der Waals surface area contributed by atoms with Gasteiger partial charge in [-0.3, -0.25) is 4.90 Å². The molecule has 0 aromatic heterocycles.